The van der Waals surface area contributed by atoms with Crippen LogP contribution >= 0.6 is 11.9 Å². The first-order valence-corrected chi connectivity index (χ1v) is 6.19. The van der Waals surface area contributed by atoms with Crippen molar-refractivity contribution in [3.8, 4) is 6.07 Å². The smallest absolute Gasteiger partial charge is 0.284 e. The van der Waals surface area contributed by atoms with Gasteiger partial charge in [0.15, 0.2) is 0 Å². The van der Waals surface area contributed by atoms with Gasteiger partial charge < -0.3 is 4.72 Å². The number of benzene rings is 2. The lowest BCUT2D eigenvalue weighted by Crippen LogP contribution is -1.93. The Morgan fingerprint density at radius 2 is 2.00 bits per heavy atom. The standard InChI is InChI=1S/C13H9N3O2S/c14-9-10-4-3-5-11(8-10)15-19-13-7-2-1-6-12(13)16(17)18/h1-8,15H. The number of hydrogen-bond acceptors (Lipinski definition) is 5. The van der Waals surface area contributed by atoms with Gasteiger partial charge in [0.25, 0.3) is 5.69 Å². The summed E-state index contributed by atoms with van der Waals surface area (Å²) in [6.07, 6.45) is 0. The number of rotatable bonds is 4. The van der Waals surface area contributed by atoms with Crippen LogP contribution in [0.1, 0.15) is 5.56 Å². The minimum Gasteiger partial charge on any atom is -0.325 e. The molecular formula is C13H9N3O2S. The van der Waals surface area contributed by atoms with Crippen molar-refractivity contribution in [3.63, 3.8) is 0 Å². The molecule has 0 saturated carbocycles. The number of anilines is 1. The molecule has 0 bridgehead atoms. The summed E-state index contributed by atoms with van der Waals surface area (Å²) in [5.74, 6) is 0. The van der Waals surface area contributed by atoms with E-state index in [0.29, 0.717) is 10.5 Å². The summed E-state index contributed by atoms with van der Waals surface area (Å²) in [4.78, 5) is 11.0. The Kier molecular flexibility index (Phi) is 4.00. The first-order valence-electron chi connectivity index (χ1n) is 5.37. The Hall–Kier alpha value is -2.52. The van der Waals surface area contributed by atoms with Crippen LogP contribution in [0.2, 0.25) is 0 Å². The molecule has 0 aromatic heterocycles. The summed E-state index contributed by atoms with van der Waals surface area (Å²) in [6.45, 7) is 0. The molecule has 2 aromatic carbocycles. The second-order valence-corrected chi connectivity index (χ2v) is 4.47. The van der Waals surface area contributed by atoms with E-state index >= 15 is 0 Å². The van der Waals surface area contributed by atoms with Crippen molar-refractivity contribution in [2.24, 2.45) is 0 Å². The van der Waals surface area contributed by atoms with E-state index in [9.17, 15) is 10.1 Å². The minimum absolute atomic E-state index is 0.0523. The van der Waals surface area contributed by atoms with E-state index in [1.54, 1.807) is 42.5 Å². The fourth-order valence-electron chi connectivity index (χ4n) is 1.46. The Morgan fingerprint density at radius 3 is 2.74 bits per heavy atom. The van der Waals surface area contributed by atoms with Gasteiger partial charge in [0.2, 0.25) is 0 Å². The highest BCUT2D eigenvalue weighted by atomic mass is 32.2. The summed E-state index contributed by atoms with van der Waals surface area (Å²) in [6, 6.07) is 15.4. The molecule has 0 unspecified atom stereocenters. The molecule has 0 aliphatic heterocycles. The number of nitriles is 1. The molecule has 0 heterocycles. The van der Waals surface area contributed by atoms with Crippen LogP contribution in [-0.2, 0) is 0 Å². The number of para-hydroxylation sites is 1. The summed E-state index contributed by atoms with van der Waals surface area (Å²) in [7, 11) is 0. The molecule has 0 radical (unpaired) electrons. The molecule has 0 fully saturated rings. The Balaban J connectivity index is 2.15. The van der Waals surface area contributed by atoms with E-state index in [0.717, 1.165) is 17.6 Å². The highest BCUT2D eigenvalue weighted by Crippen LogP contribution is 2.29. The van der Waals surface area contributed by atoms with Crippen LogP contribution in [0.25, 0.3) is 0 Å². The van der Waals surface area contributed by atoms with E-state index < -0.39 is 4.92 Å². The molecule has 2 rings (SSSR count). The van der Waals surface area contributed by atoms with Gasteiger partial charge in [-0.25, -0.2) is 0 Å². The first-order chi connectivity index (χ1) is 9.20. The molecule has 2 aromatic rings. The fourth-order valence-corrected chi connectivity index (χ4v) is 2.21. The van der Waals surface area contributed by atoms with Crippen LogP contribution in [0.3, 0.4) is 0 Å². The SMILES string of the molecule is N#Cc1cccc(NSc2ccccc2[N+](=O)[O-])c1. The molecule has 94 valence electrons. The number of nitrogens with zero attached hydrogens (tertiary/aromatic N) is 2. The molecule has 19 heavy (non-hydrogen) atoms. The topological polar surface area (TPSA) is 79.0 Å². The van der Waals surface area contributed by atoms with E-state index in [4.69, 9.17) is 5.26 Å². The lowest BCUT2D eigenvalue weighted by Gasteiger charge is -2.05. The molecule has 0 aliphatic carbocycles. The van der Waals surface area contributed by atoms with Crippen LogP contribution in [0.5, 0.6) is 0 Å². The van der Waals surface area contributed by atoms with E-state index in [1.807, 2.05) is 6.07 Å². The lowest BCUT2D eigenvalue weighted by molar-refractivity contribution is -0.387. The van der Waals surface area contributed by atoms with Gasteiger partial charge in [0.1, 0.15) is 4.90 Å². The number of nitro groups is 1. The maximum Gasteiger partial charge on any atom is 0.284 e. The molecule has 6 heteroatoms. The summed E-state index contributed by atoms with van der Waals surface area (Å²) in [5, 5.41) is 19.6. The predicted octanol–water partition coefficient (Wildman–Crippen LogP) is 3.59. The van der Waals surface area contributed by atoms with Crippen LogP contribution in [0.15, 0.2) is 53.4 Å². The van der Waals surface area contributed by atoms with Crippen LogP contribution in [-0.4, -0.2) is 4.92 Å². The Bertz CT molecular complexity index is 652. The summed E-state index contributed by atoms with van der Waals surface area (Å²) >= 11 is 1.15. The monoisotopic (exact) mass is 271 g/mol. The first kappa shape index (κ1) is 12.9. The average molecular weight is 271 g/mol. The Labute approximate surface area is 114 Å². The third kappa shape index (κ3) is 3.24. The third-order valence-corrected chi connectivity index (χ3v) is 3.24. The average Bonchev–Trinajstić information content (AvgIpc) is 2.45. The predicted molar refractivity (Wildman–Crippen MR) is 73.7 cm³/mol. The molecule has 0 atom stereocenters. The minimum atomic E-state index is -0.421. The largest absolute Gasteiger partial charge is 0.325 e. The molecule has 0 spiro atoms. The molecule has 5 nitrogen and oxygen atoms in total. The lowest BCUT2D eigenvalue weighted by atomic mass is 10.2. The van der Waals surface area contributed by atoms with Crippen molar-refractivity contribution in [3.05, 3.63) is 64.2 Å². The summed E-state index contributed by atoms with van der Waals surface area (Å²) in [5.41, 5.74) is 1.31. The molecular weight excluding hydrogens is 262 g/mol. The second-order valence-electron chi connectivity index (χ2n) is 3.62. The van der Waals surface area contributed by atoms with E-state index in [2.05, 4.69) is 4.72 Å². The van der Waals surface area contributed by atoms with E-state index in [1.165, 1.54) is 6.07 Å². The van der Waals surface area contributed by atoms with Gasteiger partial charge in [-0.2, -0.15) is 5.26 Å². The highest BCUT2D eigenvalue weighted by molar-refractivity contribution is 8.00. The van der Waals surface area contributed by atoms with Gasteiger partial charge in [-0.15, -0.1) is 0 Å². The van der Waals surface area contributed by atoms with Crippen molar-refractivity contribution in [1.82, 2.24) is 0 Å². The zero-order valence-electron chi connectivity index (χ0n) is 9.74. The van der Waals surface area contributed by atoms with Gasteiger partial charge in [-0.05, 0) is 36.2 Å². The van der Waals surface area contributed by atoms with Crippen LogP contribution in [0.4, 0.5) is 11.4 Å². The van der Waals surface area contributed by atoms with Gasteiger partial charge in [0, 0.05) is 11.8 Å². The molecule has 1 N–H and O–H groups in total. The number of nitro benzene ring substituents is 1. The van der Waals surface area contributed by atoms with Gasteiger partial charge >= 0.3 is 0 Å². The zero-order chi connectivity index (χ0) is 13.7. The van der Waals surface area contributed by atoms with Crippen molar-refractivity contribution < 1.29 is 4.92 Å². The Morgan fingerprint density at radius 1 is 1.21 bits per heavy atom. The van der Waals surface area contributed by atoms with E-state index in [-0.39, 0.29) is 5.69 Å². The van der Waals surface area contributed by atoms with Crippen LogP contribution < -0.4 is 4.72 Å². The highest BCUT2D eigenvalue weighted by Gasteiger charge is 2.12. The van der Waals surface area contributed by atoms with Gasteiger partial charge in [0.05, 0.1) is 16.6 Å². The normalized spacial score (nSPS) is 9.63. The number of hydrogen-bond donors (Lipinski definition) is 1. The van der Waals surface area contributed by atoms with Crippen molar-refractivity contribution in [2.75, 3.05) is 4.72 Å². The quantitative estimate of drug-likeness (QED) is 0.522. The number of nitrogens with one attached hydrogen (secondary N) is 1. The molecule has 0 saturated heterocycles. The third-order valence-electron chi connectivity index (χ3n) is 2.33. The van der Waals surface area contributed by atoms with Gasteiger partial charge in [-0.1, -0.05) is 18.2 Å². The fraction of sp³-hybridized carbons (Fsp3) is 0. The molecule has 0 amide bonds. The second kappa shape index (κ2) is 5.89. The maximum absolute atomic E-state index is 10.9. The van der Waals surface area contributed by atoms with Crippen LogP contribution in [0, 0.1) is 21.4 Å². The van der Waals surface area contributed by atoms with Crippen molar-refractivity contribution >= 4 is 23.3 Å². The summed E-state index contributed by atoms with van der Waals surface area (Å²) < 4.78 is 2.99. The van der Waals surface area contributed by atoms with Crippen molar-refractivity contribution in [1.29, 1.82) is 5.26 Å². The maximum atomic E-state index is 10.9. The zero-order valence-corrected chi connectivity index (χ0v) is 10.6. The van der Waals surface area contributed by atoms with Crippen molar-refractivity contribution in [2.45, 2.75) is 4.90 Å². The van der Waals surface area contributed by atoms with Gasteiger partial charge in [-0.3, -0.25) is 10.1 Å². The molecule has 0 aliphatic rings.